The van der Waals surface area contributed by atoms with Gasteiger partial charge in [-0.25, -0.2) is 0 Å². The molecule has 2 aromatic heterocycles. The van der Waals surface area contributed by atoms with E-state index in [1.54, 1.807) is 21.9 Å². The minimum Gasteiger partial charge on any atom is -0.310 e. The van der Waals surface area contributed by atoms with Crippen LogP contribution in [0.1, 0.15) is 195 Å². The van der Waals surface area contributed by atoms with Crippen LogP contribution in [0.15, 0.2) is 297 Å². The van der Waals surface area contributed by atoms with E-state index < -0.39 is 263 Å². The lowest BCUT2D eigenvalue weighted by Gasteiger charge is -2.46. The molecule has 113 heavy (non-hydrogen) atoms. The molecule has 0 bridgehead atoms. The maximum Gasteiger partial charge on any atom is 0.252 e. The monoisotopic (exact) mass is 1490 g/mol. The first-order valence-corrected chi connectivity index (χ1v) is 38.5. The van der Waals surface area contributed by atoms with Crippen molar-refractivity contribution in [3.05, 3.63) is 330 Å². The average molecular weight is 1500 g/mol. The van der Waals surface area contributed by atoms with E-state index in [1.807, 2.05) is 97.1 Å². The summed E-state index contributed by atoms with van der Waals surface area (Å²) < 4.78 is 276. The summed E-state index contributed by atoms with van der Waals surface area (Å²) in [6.45, 7) is 35.2. The van der Waals surface area contributed by atoms with E-state index in [0.717, 1.165) is 42.5 Å². The summed E-state index contributed by atoms with van der Waals surface area (Å²) in [4.78, 5) is 3.45. The number of para-hydroxylation sites is 4. The Hall–Kier alpha value is -11.7. The number of rotatable bonds is 9. The van der Waals surface area contributed by atoms with Gasteiger partial charge in [-0.2, -0.15) is 0 Å². The smallest absolute Gasteiger partial charge is 0.252 e. The van der Waals surface area contributed by atoms with E-state index in [9.17, 15) is 37.0 Å². The van der Waals surface area contributed by atoms with Crippen molar-refractivity contribution in [2.45, 2.75) is 157 Å². The summed E-state index contributed by atoms with van der Waals surface area (Å²) in [5.41, 5.74) is 0.330. The van der Waals surface area contributed by atoms with E-state index in [-0.39, 0.29) is 56.1 Å². The highest BCUT2D eigenvalue weighted by atomic mass is 15.2. The van der Waals surface area contributed by atoms with E-state index >= 15 is 0 Å². The Bertz CT molecular complexity index is 7450. The number of anilines is 6. The minimum atomic E-state index is -1.92. The predicted molar refractivity (Wildman–Crippen MR) is 489 cm³/mol. The summed E-state index contributed by atoms with van der Waals surface area (Å²) in [5.74, 6) is 0. The van der Waals surface area contributed by atoms with Gasteiger partial charge in [-0.05, 0) is 200 Å². The normalized spacial score (nSPS) is 16.7. The third-order valence-electron chi connectivity index (χ3n) is 22.4. The molecule has 5 heteroatoms. The van der Waals surface area contributed by atoms with Gasteiger partial charge in [0.1, 0.15) is 0 Å². The van der Waals surface area contributed by atoms with E-state index in [2.05, 4.69) is 149 Å². The summed E-state index contributed by atoms with van der Waals surface area (Å²) >= 11 is 0. The number of hydrogen-bond donors (Lipinski definition) is 0. The maximum atomic E-state index is 12.1. The van der Waals surface area contributed by atoms with Crippen LogP contribution in [0.3, 0.4) is 0 Å². The third kappa shape index (κ3) is 12.5. The van der Waals surface area contributed by atoms with Gasteiger partial charge >= 0.3 is 0 Å². The van der Waals surface area contributed by atoms with E-state index in [4.69, 9.17) is 0 Å². The molecule has 0 saturated carbocycles. The van der Waals surface area contributed by atoms with Gasteiger partial charge in [0.05, 0.1) is 70.5 Å². The first-order valence-electron chi connectivity index (χ1n) is 52.0. The van der Waals surface area contributed by atoms with Crippen LogP contribution in [0, 0.1) is 0 Å². The van der Waals surface area contributed by atoms with E-state index in [1.165, 1.54) is 0 Å². The summed E-state index contributed by atoms with van der Waals surface area (Å²) in [6, 6.07) is 21.5. The number of aromatic nitrogens is 2. The Morgan fingerprint density at radius 2 is 0.540 bits per heavy atom. The van der Waals surface area contributed by atoms with Crippen LogP contribution in [-0.2, 0) is 32.5 Å². The Balaban J connectivity index is 1.20. The van der Waals surface area contributed by atoms with Crippen molar-refractivity contribution in [3.63, 3.8) is 0 Å². The van der Waals surface area contributed by atoms with Crippen molar-refractivity contribution in [3.8, 4) is 67.0 Å². The van der Waals surface area contributed by atoms with Gasteiger partial charge in [0.2, 0.25) is 0 Å². The zero-order chi connectivity index (χ0) is 102. The first-order chi connectivity index (χ1) is 65.1. The Labute approximate surface area is 708 Å². The van der Waals surface area contributed by atoms with Gasteiger partial charge in [0.15, 0.2) is 0 Å². The second-order valence-electron chi connectivity index (χ2n) is 36.2. The molecule has 0 spiro atoms. The van der Waals surface area contributed by atoms with Crippen LogP contribution in [0.25, 0.3) is 111 Å². The van der Waals surface area contributed by atoms with Gasteiger partial charge in [-0.3, -0.25) is 0 Å². The molecule has 2 aliphatic heterocycles. The van der Waals surface area contributed by atoms with Gasteiger partial charge in [0.25, 0.3) is 6.71 Å². The number of benzene rings is 14. The predicted octanol–water partition coefficient (Wildman–Crippen LogP) is 28.1. The minimum absolute atomic E-state index is 0.0418. The molecule has 0 aliphatic carbocycles. The van der Waals surface area contributed by atoms with Crippen LogP contribution in [0.5, 0.6) is 0 Å². The van der Waals surface area contributed by atoms with Crippen molar-refractivity contribution in [1.82, 2.24) is 9.13 Å². The lowest BCUT2D eigenvalue weighted by molar-refractivity contribution is 0.589. The number of nitrogens with zero attached hydrogens (tertiary/aromatic N) is 4. The summed E-state index contributed by atoms with van der Waals surface area (Å²) in [6.07, 6.45) is 0. The highest BCUT2D eigenvalue weighted by molar-refractivity contribution is 7.00. The van der Waals surface area contributed by atoms with Crippen molar-refractivity contribution in [2.24, 2.45) is 0 Å². The molecule has 0 saturated heterocycles. The Morgan fingerprint density at radius 3 is 0.832 bits per heavy atom. The highest BCUT2D eigenvalue weighted by Gasteiger charge is 2.47. The van der Waals surface area contributed by atoms with Crippen molar-refractivity contribution < 1.29 is 37.0 Å². The molecular weight excluding hydrogens is 1360 g/mol. The van der Waals surface area contributed by atoms with Gasteiger partial charge in [0, 0.05) is 77.9 Å². The molecule has 4 nitrogen and oxygen atoms in total. The quantitative estimate of drug-likeness (QED) is 0.134. The van der Waals surface area contributed by atoms with Crippen LogP contribution >= 0.6 is 0 Å². The van der Waals surface area contributed by atoms with Gasteiger partial charge in [-0.1, -0.05) is 336 Å². The molecule has 14 aromatic carbocycles. The second kappa shape index (κ2) is 26.5. The van der Waals surface area contributed by atoms with Crippen LogP contribution < -0.4 is 26.2 Å². The van der Waals surface area contributed by atoms with Gasteiger partial charge < -0.3 is 18.9 Å². The van der Waals surface area contributed by atoms with Crippen LogP contribution in [-0.4, -0.2) is 15.8 Å². The molecule has 16 aromatic rings. The topological polar surface area (TPSA) is 16.3 Å². The highest BCUT2D eigenvalue weighted by Crippen LogP contribution is 2.57. The Kier molecular flexibility index (Phi) is 11.3. The molecule has 558 valence electrons. The van der Waals surface area contributed by atoms with Crippen molar-refractivity contribution >= 4 is 101 Å². The second-order valence-corrected chi connectivity index (χ2v) is 36.2. The number of fused-ring (bicyclic) bond motifs is 10. The molecule has 2 aliphatic rings. The van der Waals surface area contributed by atoms with Crippen molar-refractivity contribution in [2.75, 3.05) is 9.80 Å². The summed E-state index contributed by atoms with van der Waals surface area (Å²) in [7, 11) is 0. The zero-order valence-corrected chi connectivity index (χ0v) is 67.1. The first kappa shape index (κ1) is 48.3. The molecular formula is C108H103BN4. The molecule has 0 unspecified atom stereocenters. The fraction of sp³-hybridized carbons (Fsp3) is 0.222. The molecule has 0 amide bonds. The van der Waals surface area contributed by atoms with E-state index in [0.29, 0.717) is 44.5 Å². The average Bonchev–Trinajstić information content (AvgIpc) is 0.981. The van der Waals surface area contributed by atoms with Crippen LogP contribution in [0.2, 0.25) is 0 Å². The fourth-order valence-corrected chi connectivity index (χ4v) is 16.2. The van der Waals surface area contributed by atoms with Gasteiger partial charge in [-0.15, -0.1) is 0 Å². The standard InChI is InChI=1S/C108H103BN4/c1-103(2,3)74-40-30-36-69(56-74)86-62-78(107(13,14)15)63-87(70-37-31-41-75(57-70)104(4,5)6)101(86)112-96-66-80(110-92-48-26-22-44-82(92)83-45-23-27-49-93(83)110)52-54-90(96)109-91-55-53-81(111-94-50-28-24-46-84(94)85-47-25-29-51-95(85)111)67-97(91)113(99-61-73(60-98(112)100(99)109)68-34-20-19-21-35-68)102-88(71-38-32-42-76(58-71)105(7,8)9)64-79(108(16,17)18)65-89(102)72-39-33-43-77(59-72)106(10,11)12/h19-67H,1-18H3/i19D,20D,21D,22D,23D,24D,25D,26D,27D,28D,29D,34D,35D,44D,45D,46D,47D,48D,49D,50D,51D,52D,53D,54D,55D,66D,67D. The largest absolute Gasteiger partial charge is 0.310 e. The Morgan fingerprint density at radius 1 is 0.257 bits per heavy atom. The van der Waals surface area contributed by atoms with Crippen molar-refractivity contribution in [1.29, 1.82) is 0 Å². The summed E-state index contributed by atoms with van der Waals surface area (Å²) in [5, 5.41) is -1.73. The molecule has 0 atom stereocenters. The maximum absolute atomic E-state index is 12.1. The lowest BCUT2D eigenvalue weighted by atomic mass is 9.33. The molecule has 0 N–H and O–H groups in total. The third-order valence-corrected chi connectivity index (χ3v) is 22.4. The zero-order valence-electron chi connectivity index (χ0n) is 94.1. The van der Waals surface area contributed by atoms with Crippen LogP contribution in [0.4, 0.5) is 34.1 Å². The molecule has 0 fully saturated rings. The molecule has 0 radical (unpaired) electrons. The number of hydrogen-bond acceptors (Lipinski definition) is 2. The SMILES string of the molecule is [2H]c1c([2H])c([2H])c(-c2cc3c4c(c2)N(c2c(-c5cccc(C(C)(C)C)c5)cc(C(C)(C)C)cc2-c2cccc(C(C)(C)C)c2)c2c([2H])c(-n5c6c([2H])c([2H])c([2H])c([2H])c6c6c([2H])c([2H])c([2H])c([2H])c65)c([2H])c([2H])c2B4c2c([2H])c([2H])c(-n4c5c([2H])c([2H])c([2H])c([2H])c5c5c([2H])c([2H])c([2H])c([2H])c54)c([2H])c2N3c2c(-c3cccc(C(C)(C)C)c3)cc(C(C)(C)C)cc2-c2cccc(C(C)(C)C)c2)c([2H])c1[2H]. The molecule has 18 rings (SSSR count). The fourth-order valence-electron chi connectivity index (χ4n) is 16.2. The lowest BCUT2D eigenvalue weighted by Crippen LogP contribution is -2.61. The molecule has 4 heterocycles.